The Morgan fingerprint density at radius 3 is 2.52 bits per heavy atom. The van der Waals surface area contributed by atoms with Crippen LogP contribution in [0, 0.1) is 12.8 Å². The van der Waals surface area contributed by atoms with Gasteiger partial charge in [0.15, 0.2) is 0 Å². The fourth-order valence-electron chi connectivity index (χ4n) is 2.98. The molecule has 2 aromatic rings. The normalized spacial score (nSPS) is 15.4. The molecule has 0 radical (unpaired) electrons. The lowest BCUT2D eigenvalue weighted by Gasteiger charge is -2.30. The van der Waals surface area contributed by atoms with Crippen LogP contribution in [0.4, 0.5) is 0 Å². The van der Waals surface area contributed by atoms with Gasteiger partial charge in [0, 0.05) is 29.6 Å². The molecule has 6 nitrogen and oxygen atoms in total. The minimum Gasteiger partial charge on any atom is -0.441 e. The molecule has 1 aliphatic heterocycles. The number of aryl methyl sites for hydroxylation is 1. The summed E-state index contributed by atoms with van der Waals surface area (Å²) in [5.41, 5.74) is 6.77. The molecule has 0 unspecified atom stereocenters. The predicted molar refractivity (Wildman–Crippen MR) is 93.9 cm³/mol. The summed E-state index contributed by atoms with van der Waals surface area (Å²) in [6, 6.07) is 7.19. The van der Waals surface area contributed by atoms with Gasteiger partial charge in [-0.05, 0) is 44.0 Å². The molecule has 2 heterocycles. The van der Waals surface area contributed by atoms with E-state index in [9.17, 15) is 9.59 Å². The lowest BCUT2D eigenvalue weighted by molar-refractivity contribution is -0.134. The standard InChI is InChI=1S/C18H20ClN3O3/c1-11-15(21-18(25-11)13-2-4-14(19)5-3-13)10-16(23)22-8-6-12(7-9-22)17(20)24/h2-5,12H,6-10H2,1H3,(H2,20,24). The quantitative estimate of drug-likeness (QED) is 0.906. The molecule has 0 saturated carbocycles. The average molecular weight is 362 g/mol. The summed E-state index contributed by atoms with van der Waals surface area (Å²) >= 11 is 5.89. The Balaban J connectivity index is 1.66. The molecule has 1 aromatic heterocycles. The Kier molecular flexibility index (Phi) is 5.08. The van der Waals surface area contributed by atoms with Crippen LogP contribution < -0.4 is 5.73 Å². The Hall–Kier alpha value is -2.34. The molecule has 2 N–H and O–H groups in total. The maximum atomic E-state index is 12.5. The van der Waals surface area contributed by atoms with E-state index in [-0.39, 0.29) is 24.2 Å². The summed E-state index contributed by atoms with van der Waals surface area (Å²) in [5.74, 6) is 0.679. The number of aromatic nitrogens is 1. The maximum Gasteiger partial charge on any atom is 0.228 e. The maximum absolute atomic E-state index is 12.5. The van der Waals surface area contributed by atoms with Crippen molar-refractivity contribution in [1.82, 2.24) is 9.88 Å². The molecule has 1 saturated heterocycles. The van der Waals surface area contributed by atoms with Crippen LogP contribution >= 0.6 is 11.6 Å². The largest absolute Gasteiger partial charge is 0.441 e. The molecule has 3 rings (SSSR count). The Labute approximate surface area is 151 Å². The molecule has 7 heteroatoms. The van der Waals surface area contributed by atoms with Crippen molar-refractivity contribution < 1.29 is 14.0 Å². The van der Waals surface area contributed by atoms with Crippen molar-refractivity contribution in [3.05, 3.63) is 40.7 Å². The highest BCUT2D eigenvalue weighted by Crippen LogP contribution is 2.24. The molecule has 1 aliphatic rings. The zero-order valence-electron chi connectivity index (χ0n) is 14.0. The molecular formula is C18H20ClN3O3. The second-order valence-corrected chi connectivity index (χ2v) is 6.70. The van der Waals surface area contributed by atoms with E-state index in [4.69, 9.17) is 21.8 Å². The Morgan fingerprint density at radius 1 is 1.28 bits per heavy atom. The molecule has 2 amide bonds. The summed E-state index contributed by atoms with van der Waals surface area (Å²) in [6.45, 7) is 2.90. The van der Waals surface area contributed by atoms with Gasteiger partial charge < -0.3 is 15.1 Å². The summed E-state index contributed by atoms with van der Waals surface area (Å²) in [7, 11) is 0. The van der Waals surface area contributed by atoms with Crippen molar-refractivity contribution in [2.75, 3.05) is 13.1 Å². The van der Waals surface area contributed by atoms with Gasteiger partial charge in [-0.15, -0.1) is 0 Å². The second kappa shape index (κ2) is 7.27. The lowest BCUT2D eigenvalue weighted by atomic mass is 9.96. The minimum atomic E-state index is -0.285. The smallest absolute Gasteiger partial charge is 0.228 e. The number of halogens is 1. The summed E-state index contributed by atoms with van der Waals surface area (Å²) < 4.78 is 5.69. The fraction of sp³-hybridized carbons (Fsp3) is 0.389. The predicted octanol–water partition coefficient (Wildman–Crippen LogP) is 2.57. The van der Waals surface area contributed by atoms with Gasteiger partial charge in [0.2, 0.25) is 17.7 Å². The second-order valence-electron chi connectivity index (χ2n) is 6.26. The number of hydrogen-bond acceptors (Lipinski definition) is 4. The molecule has 132 valence electrons. The first-order valence-electron chi connectivity index (χ1n) is 8.23. The fourth-order valence-corrected chi connectivity index (χ4v) is 3.10. The lowest BCUT2D eigenvalue weighted by Crippen LogP contribution is -2.42. The van der Waals surface area contributed by atoms with Crippen LogP contribution in [0.5, 0.6) is 0 Å². The number of likely N-dealkylation sites (tertiary alicyclic amines) is 1. The molecule has 0 aliphatic carbocycles. The third kappa shape index (κ3) is 4.02. The van der Waals surface area contributed by atoms with Crippen LogP contribution in [-0.2, 0) is 16.0 Å². The molecule has 1 aromatic carbocycles. The number of hydrogen-bond donors (Lipinski definition) is 1. The van der Waals surface area contributed by atoms with Crippen molar-refractivity contribution in [1.29, 1.82) is 0 Å². The zero-order valence-corrected chi connectivity index (χ0v) is 14.8. The van der Waals surface area contributed by atoms with Crippen LogP contribution in [0.25, 0.3) is 11.5 Å². The molecule has 0 bridgehead atoms. The molecule has 0 atom stereocenters. The highest BCUT2D eigenvalue weighted by Gasteiger charge is 2.26. The first-order chi connectivity index (χ1) is 11.9. The van der Waals surface area contributed by atoms with Crippen molar-refractivity contribution in [2.45, 2.75) is 26.2 Å². The van der Waals surface area contributed by atoms with E-state index >= 15 is 0 Å². The van der Waals surface area contributed by atoms with E-state index in [1.165, 1.54) is 0 Å². The van der Waals surface area contributed by atoms with Gasteiger partial charge in [-0.1, -0.05) is 11.6 Å². The number of carbonyl (C=O) groups excluding carboxylic acids is 2. The minimum absolute atomic E-state index is 0.0121. The number of primary amides is 1. The number of oxazole rings is 1. The van der Waals surface area contributed by atoms with Crippen LogP contribution in [0.3, 0.4) is 0 Å². The first-order valence-corrected chi connectivity index (χ1v) is 8.61. The Morgan fingerprint density at radius 2 is 1.92 bits per heavy atom. The van der Waals surface area contributed by atoms with Crippen LogP contribution in [0.2, 0.25) is 5.02 Å². The monoisotopic (exact) mass is 361 g/mol. The SMILES string of the molecule is Cc1oc(-c2ccc(Cl)cc2)nc1CC(=O)N1CCC(C(N)=O)CC1. The summed E-state index contributed by atoms with van der Waals surface area (Å²) in [6.07, 6.45) is 1.42. The molecule has 25 heavy (non-hydrogen) atoms. The molecule has 0 spiro atoms. The van der Waals surface area contributed by atoms with E-state index < -0.39 is 0 Å². The van der Waals surface area contributed by atoms with Crippen LogP contribution in [0.1, 0.15) is 24.3 Å². The van der Waals surface area contributed by atoms with E-state index in [1.807, 2.05) is 12.1 Å². The van der Waals surface area contributed by atoms with Gasteiger partial charge in [0.25, 0.3) is 0 Å². The molecular weight excluding hydrogens is 342 g/mol. The van der Waals surface area contributed by atoms with Crippen molar-refractivity contribution >= 4 is 23.4 Å². The van der Waals surface area contributed by atoms with Crippen LogP contribution in [-0.4, -0.2) is 34.8 Å². The van der Waals surface area contributed by atoms with Crippen LogP contribution in [0.15, 0.2) is 28.7 Å². The van der Waals surface area contributed by atoms with Gasteiger partial charge in [-0.3, -0.25) is 9.59 Å². The van der Waals surface area contributed by atoms with E-state index in [0.29, 0.717) is 48.3 Å². The number of amides is 2. The van der Waals surface area contributed by atoms with E-state index in [2.05, 4.69) is 4.98 Å². The van der Waals surface area contributed by atoms with Crippen molar-refractivity contribution in [3.63, 3.8) is 0 Å². The first kappa shape index (κ1) is 17.5. The average Bonchev–Trinajstić information content (AvgIpc) is 2.96. The van der Waals surface area contributed by atoms with Gasteiger partial charge >= 0.3 is 0 Å². The third-order valence-electron chi connectivity index (χ3n) is 4.55. The van der Waals surface area contributed by atoms with E-state index in [1.54, 1.807) is 24.0 Å². The Bertz CT molecular complexity index is 777. The third-order valence-corrected chi connectivity index (χ3v) is 4.80. The van der Waals surface area contributed by atoms with Gasteiger partial charge in [0.1, 0.15) is 5.76 Å². The van der Waals surface area contributed by atoms with E-state index in [0.717, 1.165) is 5.56 Å². The number of carbonyl (C=O) groups is 2. The zero-order chi connectivity index (χ0) is 18.0. The highest BCUT2D eigenvalue weighted by atomic mass is 35.5. The van der Waals surface area contributed by atoms with Crippen molar-refractivity contribution in [3.8, 4) is 11.5 Å². The van der Waals surface area contributed by atoms with Crippen molar-refractivity contribution in [2.24, 2.45) is 11.7 Å². The number of nitrogens with zero attached hydrogens (tertiary/aromatic N) is 2. The van der Waals surface area contributed by atoms with Gasteiger partial charge in [0.05, 0.1) is 12.1 Å². The molecule has 1 fully saturated rings. The topological polar surface area (TPSA) is 89.4 Å². The van der Waals surface area contributed by atoms with Gasteiger partial charge in [-0.2, -0.15) is 0 Å². The number of rotatable bonds is 4. The number of piperidine rings is 1. The summed E-state index contributed by atoms with van der Waals surface area (Å²) in [4.78, 5) is 29.9. The highest BCUT2D eigenvalue weighted by molar-refractivity contribution is 6.30. The van der Waals surface area contributed by atoms with Gasteiger partial charge in [-0.25, -0.2) is 4.98 Å². The number of benzene rings is 1. The summed E-state index contributed by atoms with van der Waals surface area (Å²) in [5, 5.41) is 0.641. The number of nitrogens with two attached hydrogens (primary N) is 1.